The van der Waals surface area contributed by atoms with Crippen LogP contribution in [0, 0.1) is 11.3 Å². The highest BCUT2D eigenvalue weighted by molar-refractivity contribution is 7.89. The monoisotopic (exact) mass is 286 g/mol. The molecule has 1 aromatic carbocycles. The van der Waals surface area contributed by atoms with Crippen LogP contribution in [0.3, 0.4) is 0 Å². The summed E-state index contributed by atoms with van der Waals surface area (Å²) in [5.74, 6) is 0. The average molecular weight is 287 g/mol. The van der Waals surface area contributed by atoms with Gasteiger partial charge in [-0.3, -0.25) is 0 Å². The maximum atomic E-state index is 12.1. The predicted molar refractivity (Wildman–Crippen MR) is 70.9 cm³/mol. The summed E-state index contributed by atoms with van der Waals surface area (Å²) in [7, 11) is -3.63. The standard InChI is InChI=1S/C12H15ClN2O2S/c1-3-10(4-2)15-18(16,17)12-6-5-9(8-14)7-11(12)13/h5-7,10,15H,3-4H2,1-2H3. The van der Waals surface area contributed by atoms with Crippen LogP contribution in [0.1, 0.15) is 32.3 Å². The molecule has 0 saturated carbocycles. The van der Waals surface area contributed by atoms with E-state index in [1.54, 1.807) is 0 Å². The van der Waals surface area contributed by atoms with Gasteiger partial charge in [-0.15, -0.1) is 0 Å². The minimum Gasteiger partial charge on any atom is -0.208 e. The first-order valence-corrected chi connectivity index (χ1v) is 7.52. The lowest BCUT2D eigenvalue weighted by molar-refractivity contribution is 0.530. The van der Waals surface area contributed by atoms with Crippen LogP contribution in [0.2, 0.25) is 5.02 Å². The summed E-state index contributed by atoms with van der Waals surface area (Å²) in [5, 5.41) is 8.77. The number of benzene rings is 1. The molecule has 0 amide bonds. The molecule has 1 rings (SSSR count). The molecule has 6 heteroatoms. The summed E-state index contributed by atoms with van der Waals surface area (Å²) >= 11 is 5.89. The second kappa shape index (κ2) is 6.19. The first-order chi connectivity index (χ1) is 8.44. The Morgan fingerprint density at radius 1 is 1.39 bits per heavy atom. The van der Waals surface area contributed by atoms with Gasteiger partial charge in [0.1, 0.15) is 4.90 Å². The minimum absolute atomic E-state index is 0.00932. The summed E-state index contributed by atoms with van der Waals surface area (Å²) in [5.41, 5.74) is 0.335. The van der Waals surface area contributed by atoms with Crippen molar-refractivity contribution in [3.63, 3.8) is 0 Å². The molecule has 1 aromatic rings. The normalized spacial score (nSPS) is 11.5. The third-order valence-corrected chi connectivity index (χ3v) is 4.66. The fraction of sp³-hybridized carbons (Fsp3) is 0.417. The molecule has 0 fully saturated rings. The van der Waals surface area contributed by atoms with Gasteiger partial charge in [0, 0.05) is 6.04 Å². The third kappa shape index (κ3) is 3.45. The Balaban J connectivity index is 3.10. The van der Waals surface area contributed by atoms with E-state index in [-0.39, 0.29) is 16.0 Å². The van der Waals surface area contributed by atoms with Gasteiger partial charge in [-0.05, 0) is 31.0 Å². The van der Waals surface area contributed by atoms with Gasteiger partial charge in [-0.25, -0.2) is 13.1 Å². The van der Waals surface area contributed by atoms with Crippen molar-refractivity contribution in [2.24, 2.45) is 0 Å². The number of nitriles is 1. The van der Waals surface area contributed by atoms with Gasteiger partial charge in [0.2, 0.25) is 10.0 Å². The average Bonchev–Trinajstić information content (AvgIpc) is 2.35. The van der Waals surface area contributed by atoms with E-state index in [1.165, 1.54) is 18.2 Å². The summed E-state index contributed by atoms with van der Waals surface area (Å²) in [4.78, 5) is 0.00932. The van der Waals surface area contributed by atoms with E-state index >= 15 is 0 Å². The van der Waals surface area contributed by atoms with Crippen LogP contribution in [-0.2, 0) is 10.0 Å². The number of hydrogen-bond donors (Lipinski definition) is 1. The van der Waals surface area contributed by atoms with E-state index in [0.717, 1.165) is 0 Å². The minimum atomic E-state index is -3.63. The highest BCUT2D eigenvalue weighted by atomic mass is 35.5. The van der Waals surface area contributed by atoms with Crippen molar-refractivity contribution >= 4 is 21.6 Å². The largest absolute Gasteiger partial charge is 0.242 e. The van der Waals surface area contributed by atoms with Crippen molar-refractivity contribution in [1.29, 1.82) is 5.26 Å². The molecule has 1 N–H and O–H groups in total. The molecule has 18 heavy (non-hydrogen) atoms. The highest BCUT2D eigenvalue weighted by Crippen LogP contribution is 2.23. The van der Waals surface area contributed by atoms with E-state index in [4.69, 9.17) is 16.9 Å². The third-order valence-electron chi connectivity index (χ3n) is 2.66. The van der Waals surface area contributed by atoms with Crippen LogP contribution < -0.4 is 4.72 Å². The number of sulfonamides is 1. The van der Waals surface area contributed by atoms with Gasteiger partial charge < -0.3 is 0 Å². The Morgan fingerprint density at radius 2 is 2.00 bits per heavy atom. The molecule has 0 aromatic heterocycles. The van der Waals surface area contributed by atoms with E-state index in [9.17, 15) is 8.42 Å². The Labute approximate surface area is 113 Å². The molecule has 0 aliphatic rings. The predicted octanol–water partition coefficient (Wildman–Crippen LogP) is 2.68. The fourth-order valence-electron chi connectivity index (χ4n) is 1.53. The van der Waals surface area contributed by atoms with Gasteiger partial charge in [0.25, 0.3) is 0 Å². The Hall–Kier alpha value is -1.09. The van der Waals surface area contributed by atoms with Crippen molar-refractivity contribution in [2.75, 3.05) is 0 Å². The summed E-state index contributed by atoms with van der Waals surface area (Å²) in [6, 6.07) is 5.94. The van der Waals surface area contributed by atoms with Crippen LogP contribution in [-0.4, -0.2) is 14.5 Å². The molecular weight excluding hydrogens is 272 g/mol. The topological polar surface area (TPSA) is 70.0 Å². The van der Waals surface area contributed by atoms with Gasteiger partial charge in [-0.1, -0.05) is 25.4 Å². The lowest BCUT2D eigenvalue weighted by Gasteiger charge is -2.15. The van der Waals surface area contributed by atoms with E-state index in [2.05, 4.69) is 4.72 Å². The van der Waals surface area contributed by atoms with Crippen molar-refractivity contribution in [1.82, 2.24) is 4.72 Å². The molecule has 0 saturated heterocycles. The van der Waals surface area contributed by atoms with Crippen molar-refractivity contribution in [3.05, 3.63) is 28.8 Å². The van der Waals surface area contributed by atoms with Gasteiger partial charge >= 0.3 is 0 Å². The van der Waals surface area contributed by atoms with Crippen LogP contribution in [0.25, 0.3) is 0 Å². The zero-order valence-corrected chi connectivity index (χ0v) is 11.8. The molecule has 0 aliphatic heterocycles. The summed E-state index contributed by atoms with van der Waals surface area (Å²) in [6.45, 7) is 3.83. The molecule has 0 bridgehead atoms. The second-order valence-electron chi connectivity index (χ2n) is 3.89. The van der Waals surface area contributed by atoms with E-state index < -0.39 is 10.0 Å². The smallest absolute Gasteiger partial charge is 0.208 e. The number of nitrogens with one attached hydrogen (secondary N) is 1. The number of hydrogen-bond acceptors (Lipinski definition) is 3. The van der Waals surface area contributed by atoms with Gasteiger partial charge in [-0.2, -0.15) is 5.26 Å². The molecule has 0 spiro atoms. The van der Waals surface area contributed by atoms with Crippen molar-refractivity contribution in [3.8, 4) is 6.07 Å². The lowest BCUT2D eigenvalue weighted by atomic mass is 10.2. The Kier molecular flexibility index (Phi) is 5.15. The molecule has 0 unspecified atom stereocenters. The molecule has 0 radical (unpaired) electrons. The van der Waals surface area contributed by atoms with Crippen molar-refractivity contribution < 1.29 is 8.42 Å². The van der Waals surface area contributed by atoms with Crippen LogP contribution in [0.15, 0.2) is 23.1 Å². The maximum absolute atomic E-state index is 12.1. The Morgan fingerprint density at radius 3 is 2.44 bits per heavy atom. The quantitative estimate of drug-likeness (QED) is 0.905. The molecule has 98 valence electrons. The SMILES string of the molecule is CCC(CC)NS(=O)(=O)c1ccc(C#N)cc1Cl. The summed E-state index contributed by atoms with van der Waals surface area (Å²) < 4.78 is 26.8. The maximum Gasteiger partial charge on any atom is 0.242 e. The van der Waals surface area contributed by atoms with Crippen LogP contribution in [0.4, 0.5) is 0 Å². The van der Waals surface area contributed by atoms with E-state index in [1.807, 2.05) is 19.9 Å². The first-order valence-electron chi connectivity index (χ1n) is 5.66. The molecule has 4 nitrogen and oxygen atoms in total. The molecule has 0 atom stereocenters. The lowest BCUT2D eigenvalue weighted by Crippen LogP contribution is -2.34. The molecule has 0 heterocycles. The number of rotatable bonds is 5. The van der Waals surface area contributed by atoms with E-state index in [0.29, 0.717) is 18.4 Å². The van der Waals surface area contributed by atoms with Gasteiger partial charge in [0.15, 0.2) is 0 Å². The second-order valence-corrected chi connectivity index (χ2v) is 5.98. The zero-order chi connectivity index (χ0) is 13.8. The van der Waals surface area contributed by atoms with Crippen LogP contribution in [0.5, 0.6) is 0 Å². The highest BCUT2D eigenvalue weighted by Gasteiger charge is 2.20. The first kappa shape index (κ1) is 15.0. The zero-order valence-electron chi connectivity index (χ0n) is 10.3. The number of nitrogens with zero attached hydrogens (tertiary/aromatic N) is 1. The Bertz CT molecular complexity index is 560. The molecule has 0 aliphatic carbocycles. The fourth-order valence-corrected chi connectivity index (χ4v) is 3.47. The van der Waals surface area contributed by atoms with Gasteiger partial charge in [0.05, 0.1) is 16.7 Å². The summed E-state index contributed by atoms with van der Waals surface area (Å²) in [6.07, 6.45) is 1.42. The van der Waals surface area contributed by atoms with Crippen molar-refractivity contribution in [2.45, 2.75) is 37.6 Å². The van der Waals surface area contributed by atoms with Crippen LogP contribution >= 0.6 is 11.6 Å². The molecular formula is C12H15ClN2O2S. The number of halogens is 1.